The van der Waals surface area contributed by atoms with Crippen molar-refractivity contribution >= 4 is 43.5 Å². The summed E-state index contributed by atoms with van der Waals surface area (Å²) in [5, 5.41) is 10.9. The Morgan fingerprint density at radius 2 is 1.84 bits per heavy atom. The second-order valence-electron chi connectivity index (χ2n) is 8.02. The van der Waals surface area contributed by atoms with Crippen LogP contribution in [0.4, 0.5) is 11.4 Å². The topological polar surface area (TPSA) is 143 Å². The van der Waals surface area contributed by atoms with Crippen LogP contribution in [-0.4, -0.2) is 36.4 Å². The van der Waals surface area contributed by atoms with Gasteiger partial charge in [-0.1, -0.05) is 41.1 Å². The van der Waals surface area contributed by atoms with E-state index in [1.54, 1.807) is 42.5 Å². The van der Waals surface area contributed by atoms with E-state index in [2.05, 4.69) is 30.6 Å². The number of aromatic nitrogens is 2. The van der Waals surface area contributed by atoms with E-state index >= 15 is 0 Å². The molecule has 0 amide bonds. The molecule has 1 aromatic heterocycles. The third-order valence-corrected chi connectivity index (χ3v) is 7.48. The van der Waals surface area contributed by atoms with Crippen LogP contribution in [0.15, 0.2) is 90.7 Å². The van der Waals surface area contributed by atoms with E-state index in [1.165, 1.54) is 25.3 Å². The van der Waals surface area contributed by atoms with Crippen molar-refractivity contribution in [1.82, 2.24) is 9.55 Å². The van der Waals surface area contributed by atoms with Gasteiger partial charge in [0.2, 0.25) is 5.88 Å². The molecule has 0 fully saturated rings. The van der Waals surface area contributed by atoms with Gasteiger partial charge in [-0.25, -0.2) is 17.8 Å². The molecule has 0 saturated carbocycles. The fourth-order valence-corrected chi connectivity index (χ4v) is 5.20. The molecule has 4 rings (SSSR count). The Morgan fingerprint density at radius 3 is 2.53 bits per heavy atom. The predicted molar refractivity (Wildman–Crippen MR) is 149 cm³/mol. The number of methoxy groups -OCH3 is 1. The molecule has 0 aliphatic rings. The minimum absolute atomic E-state index is 0.0614. The van der Waals surface area contributed by atoms with Crippen LogP contribution in [-0.2, 0) is 16.4 Å². The Hall–Kier alpha value is -4.16. The van der Waals surface area contributed by atoms with Crippen molar-refractivity contribution in [1.29, 1.82) is 0 Å². The van der Waals surface area contributed by atoms with Crippen LogP contribution in [0.25, 0.3) is 5.69 Å². The van der Waals surface area contributed by atoms with Crippen molar-refractivity contribution in [2.45, 2.75) is 18.2 Å². The number of nitrogens with zero attached hydrogens (tertiary/aromatic N) is 2. The lowest BCUT2D eigenvalue weighted by atomic mass is 10.1. The number of sulfonamides is 1. The Morgan fingerprint density at radius 1 is 1.11 bits per heavy atom. The second-order valence-corrected chi connectivity index (χ2v) is 10.6. The van der Waals surface area contributed by atoms with Gasteiger partial charge in [-0.15, -0.1) is 0 Å². The fraction of sp³-hybridized carbons (Fsp3) is 0.115. The van der Waals surface area contributed by atoms with E-state index in [0.717, 1.165) is 20.8 Å². The first-order valence-corrected chi connectivity index (χ1v) is 13.6. The van der Waals surface area contributed by atoms with Gasteiger partial charge in [0.15, 0.2) is 0 Å². The van der Waals surface area contributed by atoms with E-state index in [1.807, 2.05) is 13.0 Å². The van der Waals surface area contributed by atoms with Crippen molar-refractivity contribution in [2.24, 2.45) is 4.99 Å². The average molecular weight is 599 g/mol. The Bertz CT molecular complexity index is 1750. The lowest BCUT2D eigenvalue weighted by Gasteiger charge is -2.14. The van der Waals surface area contributed by atoms with E-state index < -0.39 is 27.2 Å². The van der Waals surface area contributed by atoms with E-state index in [4.69, 9.17) is 4.74 Å². The molecule has 0 unspecified atom stereocenters. The van der Waals surface area contributed by atoms with Gasteiger partial charge in [0.25, 0.3) is 15.6 Å². The van der Waals surface area contributed by atoms with Gasteiger partial charge < -0.3 is 9.84 Å². The first-order valence-electron chi connectivity index (χ1n) is 11.3. The zero-order valence-electron chi connectivity index (χ0n) is 20.3. The molecule has 1 heterocycles. The number of aromatic amines is 1. The molecule has 0 aliphatic carbocycles. The SMILES string of the molecule is CCc1cc(Br)ccc1-n1c(O)c(C=Nc2ccc(S(=O)(=O)Nc3ccccc3)cc2OC)c(=O)[nH]c1=O. The molecular weight excluding hydrogens is 576 g/mol. The number of hydrogen-bond acceptors (Lipinski definition) is 7. The van der Waals surface area contributed by atoms with Crippen LogP contribution in [0, 0.1) is 0 Å². The average Bonchev–Trinajstić information content (AvgIpc) is 2.89. The van der Waals surface area contributed by atoms with Crippen LogP contribution in [0.2, 0.25) is 0 Å². The van der Waals surface area contributed by atoms with Crippen LogP contribution in [0.5, 0.6) is 11.6 Å². The summed E-state index contributed by atoms with van der Waals surface area (Å²) >= 11 is 3.39. The van der Waals surface area contributed by atoms with Crippen LogP contribution < -0.4 is 20.7 Å². The highest BCUT2D eigenvalue weighted by Gasteiger charge is 2.19. The highest BCUT2D eigenvalue weighted by atomic mass is 79.9. The molecule has 0 radical (unpaired) electrons. The summed E-state index contributed by atoms with van der Waals surface area (Å²) in [6.07, 6.45) is 1.65. The Balaban J connectivity index is 1.73. The summed E-state index contributed by atoms with van der Waals surface area (Å²) in [4.78, 5) is 31.5. The van der Waals surface area contributed by atoms with Gasteiger partial charge in [-0.05, 0) is 54.4 Å². The summed E-state index contributed by atoms with van der Waals surface area (Å²) in [7, 11) is -2.57. The third-order valence-electron chi connectivity index (χ3n) is 5.60. The summed E-state index contributed by atoms with van der Waals surface area (Å²) in [5.41, 5.74) is -0.154. The van der Waals surface area contributed by atoms with Gasteiger partial charge in [-0.2, -0.15) is 0 Å². The molecular formula is C26H23BrN4O6S. The number of H-pyrrole nitrogens is 1. The van der Waals surface area contributed by atoms with Crippen molar-refractivity contribution < 1.29 is 18.3 Å². The van der Waals surface area contributed by atoms with Crippen molar-refractivity contribution in [3.8, 4) is 17.3 Å². The quantitative estimate of drug-likeness (QED) is 0.260. The molecule has 0 spiro atoms. The number of aliphatic imine (C=N–C) groups is 1. The maximum absolute atomic E-state index is 12.8. The number of nitrogens with one attached hydrogen (secondary N) is 2. The van der Waals surface area contributed by atoms with Crippen molar-refractivity contribution in [3.63, 3.8) is 0 Å². The molecule has 10 nitrogen and oxygen atoms in total. The number of anilines is 1. The molecule has 3 N–H and O–H groups in total. The zero-order valence-corrected chi connectivity index (χ0v) is 22.7. The lowest BCUT2D eigenvalue weighted by molar-refractivity contribution is 0.415. The van der Waals surface area contributed by atoms with Gasteiger partial charge in [0, 0.05) is 22.4 Å². The van der Waals surface area contributed by atoms with Gasteiger partial charge in [0.1, 0.15) is 17.0 Å². The normalized spacial score (nSPS) is 11.6. The van der Waals surface area contributed by atoms with Gasteiger partial charge >= 0.3 is 5.69 Å². The first kappa shape index (κ1) is 26.9. The predicted octanol–water partition coefficient (Wildman–Crippen LogP) is 4.12. The number of para-hydroxylation sites is 1. The van der Waals surface area contributed by atoms with Crippen molar-refractivity contribution in [3.05, 3.63) is 103 Å². The molecule has 0 bridgehead atoms. The van der Waals surface area contributed by atoms with Crippen LogP contribution >= 0.6 is 15.9 Å². The number of rotatable bonds is 8. The molecule has 196 valence electrons. The molecule has 0 saturated heterocycles. The van der Waals surface area contributed by atoms with E-state index in [0.29, 0.717) is 17.8 Å². The summed E-state index contributed by atoms with van der Waals surface area (Å²) < 4.78 is 35.2. The fourth-order valence-electron chi connectivity index (χ4n) is 3.72. The molecule has 4 aromatic rings. The Labute approximate surface area is 226 Å². The smallest absolute Gasteiger partial charge is 0.335 e. The number of hydrogen-bond donors (Lipinski definition) is 3. The summed E-state index contributed by atoms with van der Waals surface area (Å²) in [6, 6.07) is 17.6. The minimum atomic E-state index is -3.91. The van der Waals surface area contributed by atoms with E-state index in [-0.39, 0.29) is 21.9 Å². The molecule has 3 aromatic carbocycles. The highest BCUT2D eigenvalue weighted by Crippen LogP contribution is 2.31. The molecule has 12 heteroatoms. The third kappa shape index (κ3) is 5.55. The first-order chi connectivity index (χ1) is 18.1. The molecule has 0 aliphatic heterocycles. The number of aryl methyl sites for hydroxylation is 1. The maximum Gasteiger partial charge on any atom is 0.335 e. The lowest BCUT2D eigenvalue weighted by Crippen LogP contribution is -2.31. The van der Waals surface area contributed by atoms with Crippen LogP contribution in [0.1, 0.15) is 18.1 Å². The van der Waals surface area contributed by atoms with Crippen LogP contribution in [0.3, 0.4) is 0 Å². The summed E-state index contributed by atoms with van der Waals surface area (Å²) in [5.74, 6) is -0.479. The largest absolute Gasteiger partial charge is 0.494 e. The Kier molecular flexibility index (Phi) is 7.83. The second kappa shape index (κ2) is 11.1. The molecule has 38 heavy (non-hydrogen) atoms. The van der Waals surface area contributed by atoms with Gasteiger partial charge in [-0.3, -0.25) is 19.5 Å². The summed E-state index contributed by atoms with van der Waals surface area (Å²) in [6.45, 7) is 1.90. The standard InChI is InChI=1S/C26H23BrN4O6S/c1-3-16-13-17(27)9-12-22(16)31-25(33)20(24(32)29-26(31)34)15-28-21-11-10-19(14-23(21)37-2)38(35,36)30-18-7-5-4-6-8-18/h4-15,30,33H,3H2,1-2H3,(H,29,32,34). The minimum Gasteiger partial charge on any atom is -0.494 e. The number of halogens is 1. The molecule has 0 atom stereocenters. The monoisotopic (exact) mass is 598 g/mol. The van der Waals surface area contributed by atoms with Gasteiger partial charge in [0.05, 0.1) is 17.7 Å². The van der Waals surface area contributed by atoms with E-state index in [9.17, 15) is 23.1 Å². The maximum atomic E-state index is 12.8. The zero-order chi connectivity index (χ0) is 27.4. The number of aromatic hydroxyl groups is 1. The highest BCUT2D eigenvalue weighted by molar-refractivity contribution is 9.10. The van der Waals surface area contributed by atoms with Crippen molar-refractivity contribution in [2.75, 3.05) is 11.8 Å². The number of benzene rings is 3. The number of ether oxygens (including phenoxy) is 1.